The highest BCUT2D eigenvalue weighted by Gasteiger charge is 2.49. The molecule has 0 aromatic heterocycles. The summed E-state index contributed by atoms with van der Waals surface area (Å²) in [6.45, 7) is 1.83. The maximum Gasteiger partial charge on any atom is 0.309 e. The van der Waals surface area contributed by atoms with Crippen LogP contribution in [-0.4, -0.2) is 38.0 Å². The van der Waals surface area contributed by atoms with E-state index >= 15 is 0 Å². The molecular formula is C10H18O4. The van der Waals surface area contributed by atoms with Gasteiger partial charge < -0.3 is 14.6 Å². The minimum absolute atomic E-state index is 0.398. The van der Waals surface area contributed by atoms with E-state index in [1.165, 1.54) is 0 Å². The van der Waals surface area contributed by atoms with Crippen molar-refractivity contribution in [1.29, 1.82) is 0 Å². The molecule has 0 atom stereocenters. The zero-order valence-corrected chi connectivity index (χ0v) is 8.62. The van der Waals surface area contributed by atoms with E-state index in [4.69, 9.17) is 14.6 Å². The number of rotatable bonds is 8. The second-order valence-electron chi connectivity index (χ2n) is 3.79. The van der Waals surface area contributed by atoms with Gasteiger partial charge in [-0.2, -0.15) is 0 Å². The molecule has 0 aromatic carbocycles. The molecule has 1 rings (SSSR count). The van der Waals surface area contributed by atoms with Crippen LogP contribution in [0.4, 0.5) is 0 Å². The number of carbonyl (C=O) groups is 1. The minimum Gasteiger partial charge on any atom is -0.481 e. The monoisotopic (exact) mass is 202 g/mol. The highest BCUT2D eigenvalue weighted by Crippen LogP contribution is 2.49. The summed E-state index contributed by atoms with van der Waals surface area (Å²) in [6, 6.07) is 0. The molecule has 4 nitrogen and oxygen atoms in total. The molecule has 82 valence electrons. The van der Waals surface area contributed by atoms with Gasteiger partial charge in [-0.15, -0.1) is 0 Å². The Morgan fingerprint density at radius 2 is 2.07 bits per heavy atom. The predicted molar refractivity (Wildman–Crippen MR) is 51.2 cm³/mol. The van der Waals surface area contributed by atoms with Gasteiger partial charge in [-0.1, -0.05) is 0 Å². The normalized spacial score (nSPS) is 18.1. The molecule has 14 heavy (non-hydrogen) atoms. The first kappa shape index (κ1) is 11.5. The third-order valence-corrected chi connectivity index (χ3v) is 2.68. The van der Waals surface area contributed by atoms with Crippen LogP contribution >= 0.6 is 0 Å². The molecule has 0 spiro atoms. The van der Waals surface area contributed by atoms with Crippen molar-refractivity contribution in [2.45, 2.75) is 25.7 Å². The van der Waals surface area contributed by atoms with Crippen LogP contribution in [0.25, 0.3) is 0 Å². The maximum atomic E-state index is 10.8. The number of carboxylic acid groups (broad SMARTS) is 1. The molecule has 1 saturated carbocycles. The van der Waals surface area contributed by atoms with Crippen molar-refractivity contribution in [3.05, 3.63) is 0 Å². The third-order valence-electron chi connectivity index (χ3n) is 2.68. The molecule has 0 bridgehead atoms. The van der Waals surface area contributed by atoms with Gasteiger partial charge >= 0.3 is 5.97 Å². The summed E-state index contributed by atoms with van der Waals surface area (Å²) < 4.78 is 10.1. The number of ether oxygens (including phenoxy) is 2. The van der Waals surface area contributed by atoms with Gasteiger partial charge in [0.1, 0.15) is 0 Å². The number of hydrogen-bond acceptors (Lipinski definition) is 3. The zero-order valence-electron chi connectivity index (χ0n) is 8.62. The van der Waals surface area contributed by atoms with Gasteiger partial charge in [0, 0.05) is 13.7 Å². The molecule has 0 saturated heterocycles. The Morgan fingerprint density at radius 3 is 2.57 bits per heavy atom. The van der Waals surface area contributed by atoms with Crippen molar-refractivity contribution in [2.24, 2.45) is 5.41 Å². The summed E-state index contributed by atoms with van der Waals surface area (Å²) in [6.07, 6.45) is 3.24. The van der Waals surface area contributed by atoms with Crippen molar-refractivity contribution in [3.8, 4) is 0 Å². The average molecular weight is 202 g/mol. The molecule has 0 amide bonds. The fourth-order valence-corrected chi connectivity index (χ4v) is 1.48. The lowest BCUT2D eigenvalue weighted by atomic mass is 10.0. The molecule has 0 unspecified atom stereocenters. The summed E-state index contributed by atoms with van der Waals surface area (Å²) in [5, 5.41) is 8.88. The van der Waals surface area contributed by atoms with E-state index in [9.17, 15) is 4.79 Å². The summed E-state index contributed by atoms with van der Waals surface area (Å²) in [4.78, 5) is 10.8. The summed E-state index contributed by atoms with van der Waals surface area (Å²) in [5.74, 6) is -0.644. The lowest BCUT2D eigenvalue weighted by Gasteiger charge is -2.09. The van der Waals surface area contributed by atoms with Crippen LogP contribution in [-0.2, 0) is 14.3 Å². The quantitative estimate of drug-likeness (QED) is 0.603. The van der Waals surface area contributed by atoms with E-state index < -0.39 is 11.4 Å². The van der Waals surface area contributed by atoms with Crippen LogP contribution in [0.15, 0.2) is 0 Å². The second kappa shape index (κ2) is 5.32. The lowest BCUT2D eigenvalue weighted by Crippen LogP contribution is -2.15. The van der Waals surface area contributed by atoms with Gasteiger partial charge in [0.25, 0.3) is 0 Å². The molecule has 1 aliphatic carbocycles. The Balaban J connectivity index is 1.96. The molecule has 1 aliphatic rings. The van der Waals surface area contributed by atoms with E-state index in [-0.39, 0.29) is 0 Å². The van der Waals surface area contributed by atoms with Crippen LogP contribution in [0, 0.1) is 5.41 Å². The van der Waals surface area contributed by atoms with Gasteiger partial charge in [0.2, 0.25) is 0 Å². The lowest BCUT2D eigenvalue weighted by molar-refractivity contribution is -0.143. The Labute approximate surface area is 84.2 Å². The molecule has 0 radical (unpaired) electrons. The summed E-state index contributed by atoms with van der Waals surface area (Å²) in [5.41, 5.74) is -0.398. The van der Waals surface area contributed by atoms with Gasteiger partial charge in [-0.3, -0.25) is 4.79 Å². The molecule has 4 heteroatoms. The fourth-order valence-electron chi connectivity index (χ4n) is 1.48. The zero-order chi connectivity index (χ0) is 10.4. The molecule has 1 N–H and O–H groups in total. The first-order chi connectivity index (χ1) is 6.71. The van der Waals surface area contributed by atoms with E-state index in [1.54, 1.807) is 7.11 Å². The van der Waals surface area contributed by atoms with E-state index in [0.29, 0.717) is 19.8 Å². The number of hydrogen-bond donors (Lipinski definition) is 1. The SMILES string of the molecule is COCCOCCCC1(C(=O)O)CC1. The fraction of sp³-hybridized carbons (Fsp3) is 0.900. The van der Waals surface area contributed by atoms with Crippen LogP contribution in [0.5, 0.6) is 0 Å². The van der Waals surface area contributed by atoms with Crippen molar-refractivity contribution < 1.29 is 19.4 Å². The van der Waals surface area contributed by atoms with Gasteiger partial charge in [-0.05, 0) is 25.7 Å². The first-order valence-corrected chi connectivity index (χ1v) is 5.01. The van der Waals surface area contributed by atoms with Crippen LogP contribution in [0.2, 0.25) is 0 Å². The molecule has 0 aromatic rings. The summed E-state index contributed by atoms with van der Waals surface area (Å²) in [7, 11) is 1.63. The minimum atomic E-state index is -0.644. The Bertz CT molecular complexity index is 187. The van der Waals surface area contributed by atoms with Crippen molar-refractivity contribution in [1.82, 2.24) is 0 Å². The van der Waals surface area contributed by atoms with Crippen LogP contribution in [0.1, 0.15) is 25.7 Å². The van der Waals surface area contributed by atoms with Crippen molar-refractivity contribution in [2.75, 3.05) is 26.9 Å². The third kappa shape index (κ3) is 3.27. The Hall–Kier alpha value is -0.610. The van der Waals surface area contributed by atoms with Crippen LogP contribution < -0.4 is 0 Å². The maximum absolute atomic E-state index is 10.8. The Kier molecular flexibility index (Phi) is 4.35. The standard InChI is InChI=1S/C10H18O4/c1-13-7-8-14-6-2-3-10(4-5-10)9(11)12/h2-8H2,1H3,(H,11,12). The van der Waals surface area contributed by atoms with Crippen molar-refractivity contribution in [3.63, 3.8) is 0 Å². The molecular weight excluding hydrogens is 184 g/mol. The van der Waals surface area contributed by atoms with E-state index in [0.717, 1.165) is 25.7 Å². The largest absolute Gasteiger partial charge is 0.481 e. The number of aliphatic carboxylic acids is 1. The number of methoxy groups -OCH3 is 1. The van der Waals surface area contributed by atoms with Gasteiger partial charge in [-0.25, -0.2) is 0 Å². The second-order valence-corrected chi connectivity index (χ2v) is 3.79. The summed E-state index contributed by atoms with van der Waals surface area (Å²) >= 11 is 0. The molecule has 0 aliphatic heterocycles. The van der Waals surface area contributed by atoms with Crippen LogP contribution in [0.3, 0.4) is 0 Å². The highest BCUT2D eigenvalue weighted by molar-refractivity contribution is 5.77. The average Bonchev–Trinajstić information content (AvgIpc) is 2.92. The molecule has 0 heterocycles. The van der Waals surface area contributed by atoms with E-state index in [2.05, 4.69) is 0 Å². The molecule has 1 fully saturated rings. The first-order valence-electron chi connectivity index (χ1n) is 5.01. The smallest absolute Gasteiger partial charge is 0.309 e. The Morgan fingerprint density at radius 1 is 1.36 bits per heavy atom. The van der Waals surface area contributed by atoms with E-state index in [1.807, 2.05) is 0 Å². The van der Waals surface area contributed by atoms with Crippen molar-refractivity contribution >= 4 is 5.97 Å². The predicted octanol–water partition coefficient (Wildman–Crippen LogP) is 1.29. The van der Waals surface area contributed by atoms with Gasteiger partial charge in [0.05, 0.1) is 18.6 Å². The highest BCUT2D eigenvalue weighted by atomic mass is 16.5. The number of carboxylic acids is 1. The van der Waals surface area contributed by atoms with Gasteiger partial charge in [0.15, 0.2) is 0 Å². The topological polar surface area (TPSA) is 55.8 Å².